The number of hydrogen-bond donors (Lipinski definition) is 0. The molecule has 8 heteroatoms. The molecular formula is C14H10F6N2. The number of nitriles is 2. The molecule has 118 valence electrons. The molecule has 2 bridgehead atoms. The van der Waals surface area contributed by atoms with E-state index in [1.54, 1.807) is 0 Å². The van der Waals surface area contributed by atoms with Gasteiger partial charge in [0.15, 0.2) is 5.41 Å². The van der Waals surface area contributed by atoms with Crippen LogP contribution in [0.5, 0.6) is 0 Å². The van der Waals surface area contributed by atoms with E-state index in [2.05, 4.69) is 0 Å². The molecule has 0 aromatic carbocycles. The number of allylic oxidation sites excluding steroid dienone is 4. The summed E-state index contributed by atoms with van der Waals surface area (Å²) < 4.78 is 81.6. The van der Waals surface area contributed by atoms with Crippen molar-refractivity contribution in [2.45, 2.75) is 26.2 Å². The van der Waals surface area contributed by atoms with E-state index in [0.29, 0.717) is 0 Å². The zero-order chi connectivity index (χ0) is 17.1. The summed E-state index contributed by atoms with van der Waals surface area (Å²) in [6, 6.07) is 2.12. The Morgan fingerprint density at radius 2 is 1.36 bits per heavy atom. The van der Waals surface area contributed by atoms with Crippen molar-refractivity contribution >= 4 is 0 Å². The summed E-state index contributed by atoms with van der Waals surface area (Å²) in [6.45, 7) is 2.76. The van der Waals surface area contributed by atoms with Crippen LogP contribution in [-0.2, 0) is 0 Å². The van der Waals surface area contributed by atoms with Gasteiger partial charge in [-0.25, -0.2) is 0 Å². The topological polar surface area (TPSA) is 47.6 Å². The predicted octanol–water partition coefficient (Wildman–Crippen LogP) is 4.28. The lowest BCUT2D eigenvalue weighted by Gasteiger charge is -2.44. The largest absolute Gasteiger partial charge is 0.406 e. The molecule has 0 heterocycles. The Morgan fingerprint density at radius 3 is 1.64 bits per heavy atom. The molecule has 0 aromatic rings. The molecular weight excluding hydrogens is 310 g/mol. The number of fused-ring (bicyclic) bond motifs is 2. The van der Waals surface area contributed by atoms with Crippen LogP contribution < -0.4 is 0 Å². The minimum atomic E-state index is -5.79. The van der Waals surface area contributed by atoms with Gasteiger partial charge in [0.2, 0.25) is 5.41 Å². The average molecular weight is 320 g/mol. The van der Waals surface area contributed by atoms with Gasteiger partial charge in [-0.2, -0.15) is 36.9 Å². The van der Waals surface area contributed by atoms with Gasteiger partial charge in [0.05, 0.1) is 12.1 Å². The molecule has 22 heavy (non-hydrogen) atoms. The van der Waals surface area contributed by atoms with E-state index in [-0.39, 0.29) is 11.1 Å². The van der Waals surface area contributed by atoms with Gasteiger partial charge >= 0.3 is 12.4 Å². The van der Waals surface area contributed by atoms with Crippen LogP contribution in [0.15, 0.2) is 23.3 Å². The molecule has 0 saturated heterocycles. The Kier molecular flexibility index (Phi) is 3.19. The zero-order valence-corrected chi connectivity index (χ0v) is 11.5. The fraction of sp³-hybridized carbons (Fsp3) is 0.571. The molecule has 0 radical (unpaired) electrons. The normalized spacial score (nSPS) is 28.4. The number of halogens is 6. The molecule has 1 saturated carbocycles. The van der Waals surface area contributed by atoms with Crippen LogP contribution in [0.3, 0.4) is 0 Å². The van der Waals surface area contributed by atoms with Crippen LogP contribution >= 0.6 is 0 Å². The molecule has 2 aliphatic carbocycles. The fourth-order valence-electron chi connectivity index (χ4n) is 3.79. The number of alkyl halides is 6. The summed E-state index contributed by atoms with van der Waals surface area (Å²) in [4.78, 5) is 0. The van der Waals surface area contributed by atoms with E-state index in [1.807, 2.05) is 0 Å². The van der Waals surface area contributed by atoms with Gasteiger partial charge < -0.3 is 0 Å². The van der Waals surface area contributed by atoms with Crippen molar-refractivity contribution in [2.24, 2.45) is 22.7 Å². The maximum absolute atomic E-state index is 13.6. The molecule has 2 unspecified atom stereocenters. The monoisotopic (exact) mass is 320 g/mol. The third-order valence-corrected chi connectivity index (χ3v) is 4.55. The van der Waals surface area contributed by atoms with E-state index in [1.165, 1.54) is 13.8 Å². The van der Waals surface area contributed by atoms with Crippen molar-refractivity contribution in [2.75, 3.05) is 0 Å². The highest BCUT2D eigenvalue weighted by atomic mass is 19.4. The van der Waals surface area contributed by atoms with E-state index in [4.69, 9.17) is 0 Å². The summed E-state index contributed by atoms with van der Waals surface area (Å²) in [5, 5.41) is 18.3. The van der Waals surface area contributed by atoms with Crippen molar-refractivity contribution in [3.63, 3.8) is 0 Å². The third kappa shape index (κ3) is 1.45. The highest BCUT2D eigenvalue weighted by Gasteiger charge is 2.89. The van der Waals surface area contributed by atoms with Gasteiger partial charge in [0, 0.05) is 11.8 Å². The quantitative estimate of drug-likeness (QED) is 0.494. The highest BCUT2D eigenvalue weighted by molar-refractivity contribution is 5.52. The Balaban J connectivity index is 3.01. The smallest absolute Gasteiger partial charge is 0.196 e. The first-order valence-electron chi connectivity index (χ1n) is 6.24. The summed E-state index contributed by atoms with van der Waals surface area (Å²) >= 11 is 0. The SMILES string of the molecule is CC(C)=C1C2C=CC1C(C(F)(F)F)(C(F)(F)F)C2(C#N)C#N. The number of rotatable bonds is 0. The first kappa shape index (κ1) is 16.4. The lowest BCUT2D eigenvalue weighted by Crippen LogP contribution is -2.62. The first-order valence-corrected chi connectivity index (χ1v) is 6.24. The molecule has 2 nitrogen and oxygen atoms in total. The van der Waals surface area contributed by atoms with E-state index >= 15 is 0 Å². The molecule has 2 aliphatic rings. The Morgan fingerprint density at radius 1 is 0.955 bits per heavy atom. The van der Waals surface area contributed by atoms with Crippen molar-refractivity contribution in [3.8, 4) is 12.1 Å². The zero-order valence-electron chi connectivity index (χ0n) is 11.5. The van der Waals surface area contributed by atoms with Gasteiger partial charge in [-0.05, 0) is 13.8 Å². The summed E-state index contributed by atoms with van der Waals surface area (Å²) in [6.07, 6.45) is -9.65. The van der Waals surface area contributed by atoms with E-state index in [9.17, 15) is 36.9 Å². The second-order valence-electron chi connectivity index (χ2n) is 5.63. The standard InChI is InChI=1S/C14H10F6N2/c1-7(2)10-8-3-4-9(10)12(13(15,16)17,14(18,19)20)11(8,5-21)6-22/h3-4,8-9H,1-2H3. The van der Waals surface area contributed by atoms with Crippen LogP contribution in [0.2, 0.25) is 0 Å². The molecule has 2 rings (SSSR count). The van der Waals surface area contributed by atoms with Crippen molar-refractivity contribution in [1.82, 2.24) is 0 Å². The van der Waals surface area contributed by atoms with Crippen molar-refractivity contribution in [1.29, 1.82) is 10.5 Å². The van der Waals surface area contributed by atoms with Crippen LogP contribution in [0.1, 0.15) is 13.8 Å². The summed E-state index contributed by atoms with van der Waals surface area (Å²) in [5.74, 6) is -3.59. The van der Waals surface area contributed by atoms with Crippen LogP contribution in [0.4, 0.5) is 26.3 Å². The molecule has 1 fully saturated rings. The van der Waals surface area contributed by atoms with Gasteiger partial charge in [-0.15, -0.1) is 0 Å². The lowest BCUT2D eigenvalue weighted by atomic mass is 9.58. The van der Waals surface area contributed by atoms with Gasteiger partial charge in [0.25, 0.3) is 0 Å². The second-order valence-corrected chi connectivity index (χ2v) is 5.63. The van der Waals surface area contributed by atoms with Gasteiger partial charge in [0.1, 0.15) is 0 Å². The second kappa shape index (κ2) is 4.28. The van der Waals surface area contributed by atoms with Crippen molar-refractivity contribution in [3.05, 3.63) is 23.3 Å². The molecule has 0 spiro atoms. The van der Waals surface area contributed by atoms with Crippen molar-refractivity contribution < 1.29 is 26.3 Å². The lowest BCUT2D eigenvalue weighted by molar-refractivity contribution is -0.367. The van der Waals surface area contributed by atoms with Gasteiger partial charge in [-0.1, -0.05) is 23.3 Å². The molecule has 0 N–H and O–H groups in total. The van der Waals surface area contributed by atoms with Crippen LogP contribution in [0.25, 0.3) is 0 Å². The third-order valence-electron chi connectivity index (χ3n) is 4.55. The number of nitrogens with zero attached hydrogens (tertiary/aromatic N) is 2. The highest BCUT2D eigenvalue weighted by Crippen LogP contribution is 2.76. The molecule has 2 atom stereocenters. The van der Waals surface area contributed by atoms with Gasteiger partial charge in [-0.3, -0.25) is 0 Å². The van der Waals surface area contributed by atoms with Crippen LogP contribution in [-0.4, -0.2) is 12.4 Å². The minimum absolute atomic E-state index is 0.141. The predicted molar refractivity (Wildman–Crippen MR) is 62.7 cm³/mol. The van der Waals surface area contributed by atoms with Crippen LogP contribution in [0, 0.1) is 45.3 Å². The maximum atomic E-state index is 13.6. The van der Waals surface area contributed by atoms with E-state index in [0.717, 1.165) is 24.3 Å². The first-order chi connectivity index (χ1) is 9.92. The van der Waals surface area contributed by atoms with E-state index < -0.39 is 35.0 Å². The minimum Gasteiger partial charge on any atom is -0.196 e. The molecule has 0 aliphatic heterocycles. The summed E-state index contributed by atoms with van der Waals surface area (Å²) in [5.41, 5.74) is -7.55. The Labute approximate surface area is 122 Å². The molecule has 0 amide bonds. The Hall–Kier alpha value is -1.96. The number of hydrogen-bond acceptors (Lipinski definition) is 2. The summed E-state index contributed by atoms with van der Waals surface area (Å²) in [7, 11) is 0. The maximum Gasteiger partial charge on any atom is 0.406 e. The fourth-order valence-corrected chi connectivity index (χ4v) is 3.79. The Bertz CT molecular complexity index is 621. The molecule has 0 aromatic heterocycles. The average Bonchev–Trinajstić information content (AvgIpc) is 2.88.